The second-order valence-electron chi connectivity index (χ2n) is 2.78. The number of rotatable bonds is 1. The van der Waals surface area contributed by atoms with Crippen molar-refractivity contribution in [3.05, 3.63) is 22.3 Å². The van der Waals surface area contributed by atoms with E-state index in [2.05, 4.69) is 5.32 Å². The van der Waals surface area contributed by atoms with E-state index in [4.69, 9.17) is 5.11 Å². The van der Waals surface area contributed by atoms with Gasteiger partial charge in [-0.25, -0.2) is 4.79 Å². The van der Waals surface area contributed by atoms with Gasteiger partial charge in [0.05, 0.1) is 5.88 Å². The summed E-state index contributed by atoms with van der Waals surface area (Å²) in [5.41, 5.74) is 1.75. The molecule has 0 amide bonds. The molecule has 1 aliphatic carbocycles. The summed E-state index contributed by atoms with van der Waals surface area (Å²) >= 11 is 1.68. The second-order valence-corrected chi connectivity index (χ2v) is 3.80. The van der Waals surface area contributed by atoms with E-state index >= 15 is 0 Å². The molecule has 3 nitrogen and oxygen atoms in total. The van der Waals surface area contributed by atoms with Gasteiger partial charge in [0.2, 0.25) is 0 Å². The first-order valence-electron chi connectivity index (χ1n) is 3.81. The molecule has 1 aliphatic heterocycles. The van der Waals surface area contributed by atoms with E-state index in [1.54, 1.807) is 17.8 Å². The highest BCUT2D eigenvalue weighted by Crippen LogP contribution is 2.33. The monoisotopic (exact) mass is 183 g/mol. The number of hydrogen-bond donors (Lipinski definition) is 2. The van der Waals surface area contributed by atoms with Gasteiger partial charge in [0.15, 0.2) is 0 Å². The molecule has 64 valence electrons. The quantitative estimate of drug-likeness (QED) is 0.643. The van der Waals surface area contributed by atoms with Crippen molar-refractivity contribution in [1.29, 1.82) is 0 Å². The van der Waals surface area contributed by atoms with Crippen molar-refractivity contribution in [2.24, 2.45) is 0 Å². The second kappa shape index (κ2) is 2.86. The Labute approximate surface area is 74.5 Å². The molecule has 0 saturated heterocycles. The van der Waals surface area contributed by atoms with Gasteiger partial charge in [-0.3, -0.25) is 0 Å². The zero-order chi connectivity index (χ0) is 8.55. The minimum Gasteiger partial charge on any atom is -0.478 e. The first kappa shape index (κ1) is 7.73. The van der Waals surface area contributed by atoms with Gasteiger partial charge >= 0.3 is 5.97 Å². The van der Waals surface area contributed by atoms with Crippen LogP contribution in [-0.2, 0) is 4.79 Å². The average molecular weight is 183 g/mol. The summed E-state index contributed by atoms with van der Waals surface area (Å²) in [4.78, 5) is 11.7. The third-order valence-electron chi connectivity index (χ3n) is 2.04. The van der Waals surface area contributed by atoms with Crippen molar-refractivity contribution >= 4 is 17.7 Å². The molecular formula is C8H9NO2S. The highest BCUT2D eigenvalue weighted by Gasteiger charge is 2.20. The number of nitrogens with one attached hydrogen (secondary N) is 1. The Kier molecular flexibility index (Phi) is 1.84. The minimum absolute atomic E-state index is 0.532. The summed E-state index contributed by atoms with van der Waals surface area (Å²) in [5, 5.41) is 12.0. The van der Waals surface area contributed by atoms with Crippen molar-refractivity contribution in [3.8, 4) is 0 Å². The number of hydrogen-bond acceptors (Lipinski definition) is 3. The lowest BCUT2D eigenvalue weighted by atomic mass is 10.0. The van der Waals surface area contributed by atoms with Crippen LogP contribution in [0, 0.1) is 0 Å². The Morgan fingerprint density at radius 1 is 1.58 bits per heavy atom. The van der Waals surface area contributed by atoms with E-state index in [-0.39, 0.29) is 0 Å². The smallest absolute Gasteiger partial charge is 0.331 e. The van der Waals surface area contributed by atoms with Gasteiger partial charge in [-0.2, -0.15) is 0 Å². The van der Waals surface area contributed by atoms with E-state index in [9.17, 15) is 4.79 Å². The molecular weight excluding hydrogens is 174 g/mol. The fraction of sp³-hybridized carbons (Fsp3) is 0.375. The van der Waals surface area contributed by atoms with Crippen LogP contribution in [0.2, 0.25) is 0 Å². The lowest BCUT2D eigenvalue weighted by molar-refractivity contribution is -0.132. The van der Waals surface area contributed by atoms with Crippen molar-refractivity contribution in [2.75, 3.05) is 5.88 Å². The van der Waals surface area contributed by atoms with Gasteiger partial charge in [0.25, 0.3) is 0 Å². The van der Waals surface area contributed by atoms with Crippen LogP contribution >= 0.6 is 11.8 Å². The third kappa shape index (κ3) is 1.22. The van der Waals surface area contributed by atoms with Crippen LogP contribution in [-0.4, -0.2) is 17.0 Å². The maximum Gasteiger partial charge on any atom is 0.331 e. The van der Waals surface area contributed by atoms with Crippen LogP contribution in [0.5, 0.6) is 0 Å². The molecule has 4 heteroatoms. The largest absolute Gasteiger partial charge is 0.478 e. The van der Waals surface area contributed by atoms with Crippen LogP contribution < -0.4 is 5.32 Å². The molecule has 2 rings (SSSR count). The molecule has 0 aromatic carbocycles. The molecule has 2 N–H and O–H groups in total. The zero-order valence-corrected chi connectivity index (χ0v) is 7.28. The SMILES string of the molecule is O=C(O)C1=CC2=C(CC1)NCS2. The van der Waals surface area contributed by atoms with Crippen LogP contribution in [0.3, 0.4) is 0 Å². The van der Waals surface area contributed by atoms with Gasteiger partial charge < -0.3 is 10.4 Å². The topological polar surface area (TPSA) is 49.3 Å². The molecule has 12 heavy (non-hydrogen) atoms. The van der Waals surface area contributed by atoms with Crippen molar-refractivity contribution < 1.29 is 9.90 Å². The highest BCUT2D eigenvalue weighted by atomic mass is 32.2. The Bertz CT molecular complexity index is 293. The molecule has 2 aliphatic rings. The Hall–Kier alpha value is -0.900. The lowest BCUT2D eigenvalue weighted by Crippen LogP contribution is -2.11. The predicted molar refractivity (Wildman–Crippen MR) is 47.6 cm³/mol. The van der Waals surface area contributed by atoms with E-state index in [1.807, 2.05) is 0 Å². The summed E-state index contributed by atoms with van der Waals surface area (Å²) in [6, 6.07) is 0. The molecule has 0 radical (unpaired) electrons. The number of carbonyl (C=O) groups is 1. The van der Waals surface area contributed by atoms with E-state index < -0.39 is 5.97 Å². The van der Waals surface area contributed by atoms with E-state index in [0.717, 1.165) is 17.2 Å². The molecule has 0 unspecified atom stereocenters. The van der Waals surface area contributed by atoms with Crippen LogP contribution in [0.25, 0.3) is 0 Å². The zero-order valence-electron chi connectivity index (χ0n) is 6.46. The number of carboxylic acid groups (broad SMARTS) is 1. The van der Waals surface area contributed by atoms with Gasteiger partial charge in [-0.15, -0.1) is 11.8 Å². The van der Waals surface area contributed by atoms with Crippen LogP contribution in [0.15, 0.2) is 22.3 Å². The first-order valence-corrected chi connectivity index (χ1v) is 4.79. The van der Waals surface area contributed by atoms with E-state index in [0.29, 0.717) is 12.0 Å². The molecule has 1 heterocycles. The number of carboxylic acids is 1. The fourth-order valence-electron chi connectivity index (χ4n) is 1.37. The Balaban J connectivity index is 2.26. The third-order valence-corrected chi connectivity index (χ3v) is 3.00. The summed E-state index contributed by atoms with van der Waals surface area (Å²) in [7, 11) is 0. The van der Waals surface area contributed by atoms with E-state index in [1.165, 1.54) is 5.70 Å². The summed E-state index contributed by atoms with van der Waals surface area (Å²) < 4.78 is 0. The fourth-order valence-corrected chi connectivity index (χ4v) is 2.35. The maximum absolute atomic E-state index is 10.6. The molecule has 0 spiro atoms. The van der Waals surface area contributed by atoms with Crippen molar-refractivity contribution in [1.82, 2.24) is 5.32 Å². The van der Waals surface area contributed by atoms with Crippen molar-refractivity contribution in [2.45, 2.75) is 12.8 Å². The van der Waals surface area contributed by atoms with Crippen LogP contribution in [0.4, 0.5) is 0 Å². The summed E-state index contributed by atoms with van der Waals surface area (Å²) in [5.74, 6) is 0.0997. The number of aliphatic carboxylic acids is 1. The highest BCUT2D eigenvalue weighted by molar-refractivity contribution is 8.03. The van der Waals surface area contributed by atoms with Gasteiger partial charge in [0.1, 0.15) is 0 Å². The average Bonchev–Trinajstić information content (AvgIpc) is 2.49. The number of allylic oxidation sites excluding steroid dienone is 2. The summed E-state index contributed by atoms with van der Waals surface area (Å²) in [6.07, 6.45) is 3.29. The molecule has 0 atom stereocenters. The minimum atomic E-state index is -0.783. The van der Waals surface area contributed by atoms with Gasteiger partial charge in [0, 0.05) is 16.2 Å². The molecule has 0 aromatic heterocycles. The number of thioether (sulfide) groups is 1. The molecule has 0 aromatic rings. The Morgan fingerprint density at radius 2 is 2.42 bits per heavy atom. The lowest BCUT2D eigenvalue weighted by Gasteiger charge is -2.10. The molecule has 0 saturated carbocycles. The maximum atomic E-state index is 10.6. The predicted octanol–water partition coefficient (Wildman–Crippen LogP) is 1.30. The van der Waals surface area contributed by atoms with Gasteiger partial charge in [-0.05, 0) is 18.9 Å². The summed E-state index contributed by atoms with van der Waals surface area (Å²) in [6.45, 7) is 0. The van der Waals surface area contributed by atoms with Crippen LogP contribution in [0.1, 0.15) is 12.8 Å². The van der Waals surface area contributed by atoms with Crippen molar-refractivity contribution in [3.63, 3.8) is 0 Å². The normalized spacial score (nSPS) is 21.5. The molecule has 0 bridgehead atoms. The standard InChI is InChI=1S/C8H9NO2S/c10-8(11)5-1-2-6-7(3-5)12-4-9-6/h3,9H,1-2,4H2,(H,10,11). The first-order chi connectivity index (χ1) is 5.77. The molecule has 0 fully saturated rings. The Morgan fingerprint density at radius 3 is 3.17 bits per heavy atom. The van der Waals surface area contributed by atoms with Gasteiger partial charge in [-0.1, -0.05) is 0 Å².